The Morgan fingerprint density at radius 3 is 2.25 bits per heavy atom. The summed E-state index contributed by atoms with van der Waals surface area (Å²) in [4.78, 5) is 26.4. The number of cyclic esters (lactones) is 1. The molecular weight excluding hydrogens is 352 g/mol. The molecule has 5 nitrogen and oxygen atoms in total. The van der Waals surface area contributed by atoms with E-state index in [0.29, 0.717) is 18.8 Å². The van der Waals surface area contributed by atoms with Gasteiger partial charge in [0.25, 0.3) is 0 Å². The summed E-state index contributed by atoms with van der Waals surface area (Å²) in [5.74, 6) is 0.806. The van der Waals surface area contributed by atoms with Gasteiger partial charge in [-0.1, -0.05) is 45.0 Å². The van der Waals surface area contributed by atoms with Crippen molar-refractivity contribution in [3.05, 3.63) is 35.4 Å². The summed E-state index contributed by atoms with van der Waals surface area (Å²) in [5.41, 5.74) is 2.61. The van der Waals surface area contributed by atoms with Crippen molar-refractivity contribution in [1.82, 2.24) is 10.2 Å². The highest BCUT2D eigenvalue weighted by molar-refractivity contribution is 5.82. The van der Waals surface area contributed by atoms with Crippen molar-refractivity contribution in [2.75, 3.05) is 13.1 Å². The molecule has 1 saturated carbocycles. The number of ether oxygens (including phenoxy) is 1. The molecule has 0 radical (unpaired) electrons. The Labute approximate surface area is 167 Å². The van der Waals surface area contributed by atoms with Gasteiger partial charge in [0.05, 0.1) is 5.54 Å². The molecule has 2 saturated heterocycles. The molecule has 3 aliphatic rings. The van der Waals surface area contributed by atoms with Crippen molar-refractivity contribution in [2.24, 2.45) is 5.92 Å². The molecule has 152 valence electrons. The summed E-state index contributed by atoms with van der Waals surface area (Å²) >= 11 is 0. The van der Waals surface area contributed by atoms with Crippen LogP contribution in [0.15, 0.2) is 24.3 Å². The van der Waals surface area contributed by atoms with E-state index in [1.54, 1.807) is 0 Å². The Hall–Kier alpha value is -2.04. The molecule has 2 amide bonds. The second kappa shape index (κ2) is 6.78. The first kappa shape index (κ1) is 19.3. The summed E-state index contributed by atoms with van der Waals surface area (Å²) in [6.45, 7) is 10.3. The average Bonchev–Trinajstić information content (AvgIpc) is 2.93. The van der Waals surface area contributed by atoms with Gasteiger partial charge in [-0.3, -0.25) is 4.79 Å². The molecule has 3 fully saturated rings. The van der Waals surface area contributed by atoms with Crippen molar-refractivity contribution in [1.29, 1.82) is 0 Å². The molecule has 1 atom stereocenters. The van der Waals surface area contributed by atoms with E-state index in [1.165, 1.54) is 11.1 Å². The predicted octanol–water partition coefficient (Wildman–Crippen LogP) is 3.97. The smallest absolute Gasteiger partial charge is 0.408 e. The zero-order valence-electron chi connectivity index (χ0n) is 17.5. The van der Waals surface area contributed by atoms with Crippen LogP contribution in [0.5, 0.6) is 0 Å². The van der Waals surface area contributed by atoms with E-state index in [2.05, 4.69) is 50.4 Å². The lowest BCUT2D eigenvalue weighted by atomic mass is 9.65. The Balaban J connectivity index is 1.30. The van der Waals surface area contributed by atoms with Crippen LogP contribution in [0.3, 0.4) is 0 Å². The highest BCUT2D eigenvalue weighted by atomic mass is 16.6. The van der Waals surface area contributed by atoms with Crippen LogP contribution in [-0.4, -0.2) is 41.6 Å². The fraction of sp³-hybridized carbons (Fsp3) is 0.652. The largest absolute Gasteiger partial charge is 0.444 e. The fourth-order valence-corrected chi connectivity index (χ4v) is 4.98. The Morgan fingerprint density at radius 2 is 1.75 bits per heavy atom. The van der Waals surface area contributed by atoms with Crippen LogP contribution in [0.4, 0.5) is 4.79 Å². The number of hydrogen-bond donors (Lipinski definition) is 1. The van der Waals surface area contributed by atoms with Gasteiger partial charge in [-0.25, -0.2) is 4.79 Å². The molecule has 28 heavy (non-hydrogen) atoms. The molecule has 4 rings (SSSR count). The summed E-state index contributed by atoms with van der Waals surface area (Å²) < 4.78 is 5.21. The second-order valence-corrected chi connectivity index (χ2v) is 9.91. The first-order valence-electron chi connectivity index (χ1n) is 10.6. The van der Waals surface area contributed by atoms with Gasteiger partial charge in [0.15, 0.2) is 0 Å². The number of nitrogens with one attached hydrogen (secondary N) is 1. The molecule has 1 unspecified atom stereocenters. The average molecular weight is 385 g/mol. The van der Waals surface area contributed by atoms with Gasteiger partial charge in [-0.05, 0) is 55.1 Å². The van der Waals surface area contributed by atoms with Crippen LogP contribution >= 0.6 is 0 Å². The highest BCUT2D eigenvalue weighted by Crippen LogP contribution is 2.45. The van der Waals surface area contributed by atoms with Gasteiger partial charge < -0.3 is 15.0 Å². The maximum absolute atomic E-state index is 12.9. The van der Waals surface area contributed by atoms with E-state index >= 15 is 0 Å². The minimum absolute atomic E-state index is 0.0204. The molecule has 5 heteroatoms. The number of hydrogen-bond acceptors (Lipinski definition) is 3. The van der Waals surface area contributed by atoms with Gasteiger partial charge in [0.2, 0.25) is 5.91 Å². The van der Waals surface area contributed by atoms with Crippen LogP contribution in [0.1, 0.15) is 70.4 Å². The topological polar surface area (TPSA) is 58.6 Å². The molecule has 0 bridgehead atoms. The van der Waals surface area contributed by atoms with Crippen molar-refractivity contribution in [2.45, 2.75) is 76.4 Å². The van der Waals surface area contributed by atoms with Crippen LogP contribution in [0, 0.1) is 5.92 Å². The van der Waals surface area contributed by atoms with E-state index in [1.807, 2.05) is 11.8 Å². The van der Waals surface area contributed by atoms with E-state index in [9.17, 15) is 9.59 Å². The lowest BCUT2D eigenvalue weighted by molar-refractivity contribution is -0.143. The lowest BCUT2D eigenvalue weighted by Crippen LogP contribution is -2.61. The monoisotopic (exact) mass is 384 g/mol. The number of amides is 2. The molecule has 1 aromatic rings. The normalized spacial score (nSPS) is 30.7. The molecule has 1 N–H and O–H groups in total. The summed E-state index contributed by atoms with van der Waals surface area (Å²) in [5, 5.41) is 2.92. The number of nitrogens with zero attached hydrogens (tertiary/aromatic N) is 1. The predicted molar refractivity (Wildman–Crippen MR) is 108 cm³/mol. The van der Waals surface area contributed by atoms with Crippen molar-refractivity contribution < 1.29 is 14.3 Å². The fourth-order valence-electron chi connectivity index (χ4n) is 4.98. The maximum Gasteiger partial charge on any atom is 0.408 e. The third kappa shape index (κ3) is 3.40. The number of carbonyl (C=O) groups excluding carboxylic acids is 2. The Morgan fingerprint density at radius 1 is 1.14 bits per heavy atom. The highest BCUT2D eigenvalue weighted by Gasteiger charge is 2.57. The van der Waals surface area contributed by atoms with Gasteiger partial charge >= 0.3 is 6.09 Å². The van der Waals surface area contributed by atoms with E-state index in [4.69, 9.17) is 4.74 Å². The van der Waals surface area contributed by atoms with E-state index < -0.39 is 0 Å². The van der Waals surface area contributed by atoms with Crippen LogP contribution < -0.4 is 5.32 Å². The zero-order chi connectivity index (χ0) is 20.1. The van der Waals surface area contributed by atoms with Gasteiger partial charge in [0, 0.05) is 19.0 Å². The number of likely N-dealkylation sites (tertiary alicyclic amines) is 1. The number of benzene rings is 1. The van der Waals surface area contributed by atoms with Crippen molar-refractivity contribution in [3.8, 4) is 0 Å². The number of piperidine rings is 1. The molecule has 1 aliphatic carbocycles. The standard InChI is InChI=1S/C23H32N2O3/c1-15-23(24-21(27)28-15)13-18(14-23)20(26)25-11-9-17(10-12-25)16-5-7-19(8-6-16)22(2,3)4/h5-8,15,17-18H,9-14H2,1-4H3,(H,24,27)/t15?,18-,23+. The first-order valence-corrected chi connectivity index (χ1v) is 10.6. The first-order chi connectivity index (χ1) is 13.2. The quantitative estimate of drug-likeness (QED) is 0.839. The number of alkyl carbamates (subject to hydrolysis) is 1. The van der Waals surface area contributed by atoms with Crippen molar-refractivity contribution in [3.63, 3.8) is 0 Å². The minimum Gasteiger partial charge on any atom is -0.444 e. The lowest BCUT2D eigenvalue weighted by Gasteiger charge is -2.47. The van der Waals surface area contributed by atoms with Gasteiger partial charge in [0.1, 0.15) is 6.10 Å². The van der Waals surface area contributed by atoms with Crippen molar-refractivity contribution >= 4 is 12.0 Å². The molecule has 1 aromatic carbocycles. The molecule has 0 aromatic heterocycles. The van der Waals surface area contributed by atoms with E-state index in [0.717, 1.165) is 25.9 Å². The van der Waals surface area contributed by atoms with Crippen LogP contribution in [0.2, 0.25) is 0 Å². The molecule has 1 spiro atoms. The van der Waals surface area contributed by atoms with Crippen LogP contribution in [-0.2, 0) is 14.9 Å². The Kier molecular flexibility index (Phi) is 4.67. The molecule has 2 heterocycles. The van der Waals surface area contributed by atoms with Crippen LogP contribution in [0.25, 0.3) is 0 Å². The number of carbonyl (C=O) groups is 2. The SMILES string of the molecule is CC1OC(=O)N[C@]12C[C@@H](C(=O)N1CCC(c3ccc(C(C)(C)C)cc3)CC1)C2. The Bertz CT molecular complexity index is 751. The van der Waals surface area contributed by atoms with Gasteiger partial charge in [-0.2, -0.15) is 0 Å². The number of rotatable bonds is 2. The van der Waals surface area contributed by atoms with E-state index in [-0.39, 0.29) is 35.0 Å². The second-order valence-electron chi connectivity index (χ2n) is 9.91. The van der Waals surface area contributed by atoms with Gasteiger partial charge in [-0.15, -0.1) is 0 Å². The summed E-state index contributed by atoms with van der Waals surface area (Å²) in [7, 11) is 0. The molecular formula is C23H32N2O3. The maximum atomic E-state index is 12.9. The third-order valence-electron chi connectivity index (χ3n) is 7.04. The minimum atomic E-state index is -0.350. The zero-order valence-corrected chi connectivity index (χ0v) is 17.5. The summed E-state index contributed by atoms with van der Waals surface area (Å²) in [6.07, 6.45) is 2.95. The summed E-state index contributed by atoms with van der Waals surface area (Å²) in [6, 6.07) is 9.03. The third-order valence-corrected chi connectivity index (χ3v) is 7.04. The molecule has 2 aliphatic heterocycles.